The summed E-state index contributed by atoms with van der Waals surface area (Å²) in [6.45, 7) is 3.38. The van der Waals surface area contributed by atoms with Gasteiger partial charge in [0.05, 0.1) is 10.9 Å². The lowest BCUT2D eigenvalue weighted by molar-refractivity contribution is -0.128. The van der Waals surface area contributed by atoms with Crippen LogP contribution in [0.3, 0.4) is 0 Å². The second kappa shape index (κ2) is 6.57. The first-order chi connectivity index (χ1) is 11.0. The van der Waals surface area contributed by atoms with Gasteiger partial charge in [0.1, 0.15) is 13.2 Å². The maximum absolute atomic E-state index is 12.5. The Balaban J connectivity index is 1.66. The standard InChI is InChI=1S/C17H23ClN2O3/c1-17(19)5-3-2-4-12(17)16(21)20-10-11-8-13(18)15-14(9-11)22-6-7-23-15/h8-9,12H,2-7,10,19H2,1H3,(H,20,21). The summed E-state index contributed by atoms with van der Waals surface area (Å²) in [6.07, 6.45) is 3.89. The third kappa shape index (κ3) is 3.56. The largest absolute Gasteiger partial charge is 0.486 e. The minimum absolute atomic E-state index is 0.0145. The smallest absolute Gasteiger partial charge is 0.225 e. The van der Waals surface area contributed by atoms with Crippen molar-refractivity contribution in [3.05, 3.63) is 22.7 Å². The summed E-state index contributed by atoms with van der Waals surface area (Å²) in [4.78, 5) is 12.5. The highest BCUT2D eigenvalue weighted by Gasteiger charge is 2.37. The molecule has 1 aromatic rings. The summed E-state index contributed by atoms with van der Waals surface area (Å²) in [7, 11) is 0. The maximum atomic E-state index is 12.5. The molecule has 2 aliphatic rings. The van der Waals surface area contributed by atoms with Crippen LogP contribution in [0.5, 0.6) is 11.5 Å². The van der Waals surface area contributed by atoms with Crippen molar-refractivity contribution in [1.29, 1.82) is 0 Å². The van der Waals surface area contributed by atoms with Crippen LogP contribution in [0.4, 0.5) is 0 Å². The predicted molar refractivity (Wildman–Crippen MR) is 88.8 cm³/mol. The Bertz CT molecular complexity index is 604. The molecule has 1 heterocycles. The molecule has 6 heteroatoms. The monoisotopic (exact) mass is 338 g/mol. The highest BCUT2D eigenvalue weighted by Crippen LogP contribution is 2.38. The second-order valence-electron chi connectivity index (χ2n) is 6.62. The van der Waals surface area contributed by atoms with E-state index < -0.39 is 5.54 Å². The van der Waals surface area contributed by atoms with Gasteiger partial charge in [-0.1, -0.05) is 24.4 Å². The van der Waals surface area contributed by atoms with E-state index in [0.29, 0.717) is 36.3 Å². The fourth-order valence-corrected chi connectivity index (χ4v) is 3.66. The van der Waals surface area contributed by atoms with Crippen molar-refractivity contribution in [2.75, 3.05) is 13.2 Å². The molecular weight excluding hydrogens is 316 g/mol. The predicted octanol–water partition coefficient (Wildman–Crippen LogP) is 2.64. The van der Waals surface area contributed by atoms with Gasteiger partial charge in [-0.05, 0) is 37.5 Å². The molecule has 3 rings (SSSR count). The zero-order chi connectivity index (χ0) is 16.4. The number of hydrogen-bond donors (Lipinski definition) is 2. The summed E-state index contributed by atoms with van der Waals surface area (Å²) in [5.74, 6) is 1.09. The number of rotatable bonds is 3. The van der Waals surface area contributed by atoms with Gasteiger partial charge in [-0.2, -0.15) is 0 Å². The molecule has 1 amide bonds. The number of amides is 1. The van der Waals surface area contributed by atoms with Gasteiger partial charge >= 0.3 is 0 Å². The third-order valence-electron chi connectivity index (χ3n) is 4.69. The summed E-state index contributed by atoms with van der Waals surface area (Å²) in [6, 6.07) is 3.67. The van der Waals surface area contributed by atoms with Gasteiger partial charge in [0.25, 0.3) is 0 Å². The molecule has 126 valence electrons. The number of nitrogens with two attached hydrogens (primary N) is 1. The summed E-state index contributed by atoms with van der Waals surface area (Å²) in [5.41, 5.74) is 6.76. The van der Waals surface area contributed by atoms with Gasteiger partial charge in [0, 0.05) is 12.1 Å². The zero-order valence-corrected chi connectivity index (χ0v) is 14.1. The average Bonchev–Trinajstić information content (AvgIpc) is 2.52. The van der Waals surface area contributed by atoms with E-state index in [-0.39, 0.29) is 11.8 Å². The van der Waals surface area contributed by atoms with E-state index >= 15 is 0 Å². The first-order valence-electron chi connectivity index (χ1n) is 8.12. The molecule has 1 aliphatic carbocycles. The zero-order valence-electron chi connectivity index (χ0n) is 13.4. The summed E-state index contributed by atoms with van der Waals surface area (Å²) in [5, 5.41) is 3.49. The van der Waals surface area contributed by atoms with Gasteiger partial charge in [-0.15, -0.1) is 0 Å². The highest BCUT2D eigenvalue weighted by atomic mass is 35.5. The van der Waals surface area contributed by atoms with Crippen LogP contribution in [0.2, 0.25) is 5.02 Å². The molecule has 0 bridgehead atoms. The topological polar surface area (TPSA) is 73.6 Å². The molecule has 1 aromatic carbocycles. The molecule has 0 spiro atoms. The Kier molecular flexibility index (Phi) is 4.69. The van der Waals surface area contributed by atoms with Gasteiger partial charge in [0.2, 0.25) is 5.91 Å². The van der Waals surface area contributed by atoms with E-state index in [1.54, 1.807) is 6.07 Å². The van der Waals surface area contributed by atoms with Crippen LogP contribution >= 0.6 is 11.6 Å². The second-order valence-corrected chi connectivity index (χ2v) is 7.03. The highest BCUT2D eigenvalue weighted by molar-refractivity contribution is 6.32. The van der Waals surface area contributed by atoms with Crippen molar-refractivity contribution in [1.82, 2.24) is 5.32 Å². The van der Waals surface area contributed by atoms with Crippen molar-refractivity contribution in [3.8, 4) is 11.5 Å². The number of nitrogens with one attached hydrogen (secondary N) is 1. The SMILES string of the molecule is CC1(N)CCCCC1C(=O)NCc1cc(Cl)c2c(c1)OCCO2. The third-order valence-corrected chi connectivity index (χ3v) is 4.97. The van der Waals surface area contributed by atoms with Crippen molar-refractivity contribution < 1.29 is 14.3 Å². The lowest BCUT2D eigenvalue weighted by Gasteiger charge is -2.37. The first kappa shape index (κ1) is 16.4. The molecule has 2 atom stereocenters. The lowest BCUT2D eigenvalue weighted by Crippen LogP contribution is -2.52. The van der Waals surface area contributed by atoms with Crippen LogP contribution in [-0.2, 0) is 11.3 Å². The fraction of sp³-hybridized carbons (Fsp3) is 0.588. The van der Waals surface area contributed by atoms with E-state index in [2.05, 4.69) is 5.32 Å². The average molecular weight is 339 g/mol. The van der Waals surface area contributed by atoms with Crippen LogP contribution in [0.15, 0.2) is 12.1 Å². The van der Waals surface area contributed by atoms with E-state index in [1.807, 2.05) is 13.0 Å². The van der Waals surface area contributed by atoms with Gasteiger partial charge in [-0.25, -0.2) is 0 Å². The summed E-state index contributed by atoms with van der Waals surface area (Å²) < 4.78 is 11.1. The first-order valence-corrected chi connectivity index (χ1v) is 8.50. The van der Waals surface area contributed by atoms with Crippen LogP contribution in [-0.4, -0.2) is 24.7 Å². The molecule has 1 fully saturated rings. The van der Waals surface area contributed by atoms with E-state index in [4.69, 9.17) is 26.8 Å². The van der Waals surface area contributed by atoms with Crippen molar-refractivity contribution >= 4 is 17.5 Å². The molecule has 0 aromatic heterocycles. The number of benzene rings is 1. The molecule has 3 N–H and O–H groups in total. The number of fused-ring (bicyclic) bond motifs is 1. The van der Waals surface area contributed by atoms with E-state index in [0.717, 1.165) is 31.2 Å². The Morgan fingerprint density at radius 2 is 2.17 bits per heavy atom. The van der Waals surface area contributed by atoms with E-state index in [9.17, 15) is 4.79 Å². The number of carbonyl (C=O) groups excluding carboxylic acids is 1. The van der Waals surface area contributed by atoms with Crippen molar-refractivity contribution in [2.24, 2.45) is 11.7 Å². The normalized spacial score (nSPS) is 26.7. The van der Waals surface area contributed by atoms with Crippen LogP contribution in [0.1, 0.15) is 38.2 Å². The molecule has 1 saturated carbocycles. The van der Waals surface area contributed by atoms with Gasteiger partial charge in [0.15, 0.2) is 11.5 Å². The van der Waals surface area contributed by atoms with Crippen LogP contribution in [0.25, 0.3) is 0 Å². The maximum Gasteiger partial charge on any atom is 0.225 e. The fourth-order valence-electron chi connectivity index (χ4n) is 3.37. The van der Waals surface area contributed by atoms with Crippen LogP contribution < -0.4 is 20.5 Å². The van der Waals surface area contributed by atoms with Crippen molar-refractivity contribution in [3.63, 3.8) is 0 Å². The number of halogens is 1. The van der Waals surface area contributed by atoms with Crippen LogP contribution in [0, 0.1) is 5.92 Å². The summed E-state index contributed by atoms with van der Waals surface area (Å²) >= 11 is 6.22. The minimum Gasteiger partial charge on any atom is -0.486 e. The number of hydrogen-bond acceptors (Lipinski definition) is 4. The van der Waals surface area contributed by atoms with Gasteiger partial charge < -0.3 is 20.5 Å². The quantitative estimate of drug-likeness (QED) is 0.888. The molecule has 1 aliphatic heterocycles. The molecular formula is C17H23ClN2O3. The number of carbonyl (C=O) groups is 1. The van der Waals surface area contributed by atoms with Crippen molar-refractivity contribution in [2.45, 2.75) is 44.7 Å². The molecule has 5 nitrogen and oxygen atoms in total. The number of ether oxygens (including phenoxy) is 2. The molecule has 23 heavy (non-hydrogen) atoms. The molecule has 0 saturated heterocycles. The van der Waals surface area contributed by atoms with E-state index in [1.165, 1.54) is 0 Å². The Labute approximate surface area is 141 Å². The molecule has 0 radical (unpaired) electrons. The Morgan fingerprint density at radius 3 is 2.96 bits per heavy atom. The molecule has 2 unspecified atom stereocenters. The lowest BCUT2D eigenvalue weighted by atomic mass is 9.74. The Morgan fingerprint density at radius 1 is 1.39 bits per heavy atom. The van der Waals surface area contributed by atoms with Gasteiger partial charge in [-0.3, -0.25) is 4.79 Å². The minimum atomic E-state index is -0.424. The Hall–Kier alpha value is -1.46.